The Morgan fingerprint density at radius 3 is 2.71 bits per heavy atom. The molecule has 4 nitrogen and oxygen atoms in total. The van der Waals surface area contributed by atoms with E-state index in [4.69, 9.17) is 0 Å². The van der Waals surface area contributed by atoms with Crippen molar-refractivity contribution in [3.8, 4) is 0 Å². The van der Waals surface area contributed by atoms with Crippen LogP contribution in [0.15, 0.2) is 12.4 Å². The molecule has 0 bridgehead atoms. The lowest BCUT2D eigenvalue weighted by Crippen LogP contribution is -2.05. The summed E-state index contributed by atoms with van der Waals surface area (Å²) >= 11 is 0. The Kier molecular flexibility index (Phi) is 3.83. The van der Waals surface area contributed by atoms with Crippen molar-refractivity contribution < 1.29 is 5.11 Å². The van der Waals surface area contributed by atoms with Crippen LogP contribution in [0.25, 0.3) is 0 Å². The Labute approximate surface area is 84.4 Å². The van der Waals surface area contributed by atoms with Crippen LogP contribution in [-0.2, 0) is 0 Å². The third kappa shape index (κ3) is 2.96. The van der Waals surface area contributed by atoms with Crippen LogP contribution in [0.1, 0.15) is 32.1 Å². The van der Waals surface area contributed by atoms with Crippen molar-refractivity contribution in [2.24, 2.45) is 5.92 Å². The van der Waals surface area contributed by atoms with Crippen LogP contribution >= 0.6 is 0 Å². The summed E-state index contributed by atoms with van der Waals surface area (Å²) in [6.07, 6.45) is 1.69. The van der Waals surface area contributed by atoms with E-state index in [0.717, 1.165) is 12.2 Å². The first-order valence-corrected chi connectivity index (χ1v) is 4.81. The number of nitrogens with one attached hydrogen (secondary N) is 1. The van der Waals surface area contributed by atoms with Gasteiger partial charge in [0.2, 0.25) is 0 Å². The Balaban J connectivity index is 2.73. The highest BCUT2D eigenvalue weighted by Gasteiger charge is 2.11. The zero-order valence-electron chi connectivity index (χ0n) is 8.86. The number of aliphatic hydroxyl groups excluding tert-OH is 1. The zero-order chi connectivity index (χ0) is 10.6. The molecule has 0 radical (unpaired) electrons. The summed E-state index contributed by atoms with van der Waals surface area (Å²) < 4.78 is 0. The highest BCUT2D eigenvalue weighted by Crippen LogP contribution is 2.19. The second-order valence-electron chi connectivity index (χ2n) is 3.72. The lowest BCUT2D eigenvalue weighted by Gasteiger charge is -2.12. The molecule has 14 heavy (non-hydrogen) atoms. The SMILES string of the molecule is CNc1cc(C(O)CC(C)C)ncn1. The fraction of sp³-hybridized carbons (Fsp3) is 0.600. The van der Waals surface area contributed by atoms with Crippen LogP contribution < -0.4 is 5.32 Å². The van der Waals surface area contributed by atoms with E-state index < -0.39 is 6.10 Å². The average Bonchev–Trinajstić information content (AvgIpc) is 2.17. The molecular formula is C10H17N3O. The van der Waals surface area contributed by atoms with E-state index in [1.165, 1.54) is 6.33 Å². The molecule has 1 atom stereocenters. The first kappa shape index (κ1) is 10.9. The number of aromatic nitrogens is 2. The molecule has 0 spiro atoms. The largest absolute Gasteiger partial charge is 0.387 e. The molecule has 0 saturated carbocycles. The lowest BCUT2D eigenvalue weighted by atomic mass is 10.0. The normalized spacial score (nSPS) is 12.9. The number of hydrogen-bond donors (Lipinski definition) is 2. The molecule has 0 amide bonds. The predicted molar refractivity (Wildman–Crippen MR) is 56.0 cm³/mol. The fourth-order valence-electron chi connectivity index (χ4n) is 1.26. The van der Waals surface area contributed by atoms with Gasteiger partial charge in [0, 0.05) is 13.1 Å². The Morgan fingerprint density at radius 2 is 2.14 bits per heavy atom. The van der Waals surface area contributed by atoms with Gasteiger partial charge in [0.1, 0.15) is 12.1 Å². The number of nitrogens with zero attached hydrogens (tertiary/aromatic N) is 2. The van der Waals surface area contributed by atoms with Gasteiger partial charge in [0.25, 0.3) is 0 Å². The molecule has 0 saturated heterocycles. The van der Waals surface area contributed by atoms with Crippen LogP contribution in [0, 0.1) is 5.92 Å². The summed E-state index contributed by atoms with van der Waals surface area (Å²) in [6, 6.07) is 1.77. The molecule has 0 fully saturated rings. The van der Waals surface area contributed by atoms with Crippen LogP contribution in [0.2, 0.25) is 0 Å². The van der Waals surface area contributed by atoms with Crippen LogP contribution in [0.5, 0.6) is 0 Å². The van der Waals surface area contributed by atoms with Gasteiger partial charge in [0.15, 0.2) is 0 Å². The fourth-order valence-corrected chi connectivity index (χ4v) is 1.26. The Hall–Kier alpha value is -1.16. The monoisotopic (exact) mass is 195 g/mol. The van der Waals surface area contributed by atoms with E-state index in [1.807, 2.05) is 0 Å². The Morgan fingerprint density at radius 1 is 1.43 bits per heavy atom. The van der Waals surface area contributed by atoms with Gasteiger partial charge in [0.05, 0.1) is 11.8 Å². The molecule has 4 heteroatoms. The second kappa shape index (κ2) is 4.91. The van der Waals surface area contributed by atoms with E-state index in [0.29, 0.717) is 11.6 Å². The molecule has 1 aromatic heterocycles. The molecular weight excluding hydrogens is 178 g/mol. The summed E-state index contributed by atoms with van der Waals surface area (Å²) in [5.41, 5.74) is 0.679. The van der Waals surface area contributed by atoms with Gasteiger partial charge in [-0.25, -0.2) is 9.97 Å². The minimum absolute atomic E-state index is 0.456. The topological polar surface area (TPSA) is 58.0 Å². The minimum atomic E-state index is -0.495. The van der Waals surface area contributed by atoms with Crippen molar-refractivity contribution in [3.05, 3.63) is 18.1 Å². The summed E-state index contributed by atoms with van der Waals surface area (Å²) in [5.74, 6) is 1.19. The van der Waals surface area contributed by atoms with Gasteiger partial charge in [-0.2, -0.15) is 0 Å². The molecule has 0 aliphatic heterocycles. The van der Waals surface area contributed by atoms with Gasteiger partial charge in [-0.15, -0.1) is 0 Å². The molecule has 1 rings (SSSR count). The van der Waals surface area contributed by atoms with Gasteiger partial charge in [-0.05, 0) is 12.3 Å². The molecule has 1 heterocycles. The summed E-state index contributed by atoms with van der Waals surface area (Å²) in [5, 5.41) is 12.7. The summed E-state index contributed by atoms with van der Waals surface area (Å²) in [4.78, 5) is 8.03. The first-order valence-electron chi connectivity index (χ1n) is 4.81. The average molecular weight is 195 g/mol. The van der Waals surface area contributed by atoms with Gasteiger partial charge < -0.3 is 10.4 Å². The van der Waals surface area contributed by atoms with E-state index >= 15 is 0 Å². The quantitative estimate of drug-likeness (QED) is 0.766. The van der Waals surface area contributed by atoms with E-state index in [1.54, 1.807) is 13.1 Å². The smallest absolute Gasteiger partial charge is 0.129 e. The number of hydrogen-bond acceptors (Lipinski definition) is 4. The van der Waals surface area contributed by atoms with E-state index in [2.05, 4.69) is 29.1 Å². The number of rotatable bonds is 4. The molecule has 78 valence electrons. The lowest BCUT2D eigenvalue weighted by molar-refractivity contribution is 0.146. The molecule has 1 unspecified atom stereocenters. The summed E-state index contributed by atoms with van der Waals surface area (Å²) in [7, 11) is 1.79. The number of anilines is 1. The molecule has 2 N–H and O–H groups in total. The van der Waals surface area contributed by atoms with Crippen molar-refractivity contribution in [1.29, 1.82) is 0 Å². The summed E-state index contributed by atoms with van der Waals surface area (Å²) in [6.45, 7) is 4.15. The van der Waals surface area contributed by atoms with Crippen molar-refractivity contribution in [1.82, 2.24) is 9.97 Å². The highest BCUT2D eigenvalue weighted by atomic mass is 16.3. The van der Waals surface area contributed by atoms with Crippen molar-refractivity contribution in [2.45, 2.75) is 26.4 Å². The number of aliphatic hydroxyl groups is 1. The second-order valence-corrected chi connectivity index (χ2v) is 3.72. The van der Waals surface area contributed by atoms with Gasteiger partial charge in [-0.1, -0.05) is 13.8 Å². The van der Waals surface area contributed by atoms with Crippen molar-refractivity contribution >= 4 is 5.82 Å². The predicted octanol–water partition coefficient (Wildman–Crippen LogP) is 1.60. The molecule has 1 aromatic rings. The van der Waals surface area contributed by atoms with E-state index in [-0.39, 0.29) is 0 Å². The van der Waals surface area contributed by atoms with Crippen LogP contribution in [0.4, 0.5) is 5.82 Å². The van der Waals surface area contributed by atoms with E-state index in [9.17, 15) is 5.11 Å². The highest BCUT2D eigenvalue weighted by molar-refractivity contribution is 5.34. The standard InChI is InChI=1S/C10H17N3O/c1-7(2)4-9(14)8-5-10(11-3)13-6-12-8/h5-7,9,14H,4H2,1-3H3,(H,11,12,13). The maximum absolute atomic E-state index is 9.79. The van der Waals surface area contributed by atoms with Crippen LogP contribution in [0.3, 0.4) is 0 Å². The molecule has 0 aliphatic carbocycles. The first-order chi connectivity index (χ1) is 6.63. The van der Waals surface area contributed by atoms with Crippen molar-refractivity contribution in [3.63, 3.8) is 0 Å². The van der Waals surface area contributed by atoms with Crippen LogP contribution in [-0.4, -0.2) is 22.1 Å². The molecule has 0 aliphatic rings. The van der Waals surface area contributed by atoms with Gasteiger partial charge in [-0.3, -0.25) is 0 Å². The zero-order valence-corrected chi connectivity index (χ0v) is 8.86. The van der Waals surface area contributed by atoms with Gasteiger partial charge >= 0.3 is 0 Å². The van der Waals surface area contributed by atoms with Crippen molar-refractivity contribution in [2.75, 3.05) is 12.4 Å². The third-order valence-electron chi connectivity index (χ3n) is 1.98. The third-order valence-corrected chi connectivity index (χ3v) is 1.98. The maximum atomic E-state index is 9.79. The maximum Gasteiger partial charge on any atom is 0.129 e. The Bertz CT molecular complexity index is 288. The molecule has 0 aromatic carbocycles. The minimum Gasteiger partial charge on any atom is -0.387 e.